The van der Waals surface area contributed by atoms with E-state index in [1.54, 1.807) is 0 Å². The first-order valence-electron chi connectivity index (χ1n) is 3.31. The lowest BCUT2D eigenvalue weighted by molar-refractivity contribution is -0.137. The molecule has 0 spiro atoms. The molecule has 0 aromatic carbocycles. The van der Waals surface area contributed by atoms with Crippen molar-refractivity contribution < 1.29 is 14.3 Å². The fraction of sp³-hybridized carbons (Fsp3) is 0.286. The molecule has 0 saturated carbocycles. The van der Waals surface area contributed by atoms with E-state index in [0.29, 0.717) is 10.8 Å². The Morgan fingerprint density at radius 1 is 1.83 bits per heavy atom. The second kappa shape index (κ2) is 3.60. The first-order valence-corrected chi connectivity index (χ1v) is 3.68. The van der Waals surface area contributed by atoms with Gasteiger partial charge in [0.2, 0.25) is 0 Å². The topological polar surface area (TPSA) is 76.5 Å². The van der Waals surface area contributed by atoms with Crippen molar-refractivity contribution in [3.8, 4) is 0 Å². The van der Waals surface area contributed by atoms with Gasteiger partial charge in [0.25, 0.3) is 0 Å². The van der Waals surface area contributed by atoms with Crippen LogP contribution < -0.4 is 5.73 Å². The third-order valence-corrected chi connectivity index (χ3v) is 1.55. The highest BCUT2D eigenvalue weighted by molar-refractivity contribution is 6.30. The molecule has 0 radical (unpaired) electrons. The van der Waals surface area contributed by atoms with Crippen LogP contribution in [0.2, 0.25) is 5.02 Å². The molecule has 0 aliphatic carbocycles. The lowest BCUT2D eigenvalue weighted by Gasteiger charge is -2.03. The van der Waals surface area contributed by atoms with Gasteiger partial charge in [0.05, 0.1) is 17.5 Å². The molecule has 0 saturated heterocycles. The Kier molecular flexibility index (Phi) is 2.73. The quantitative estimate of drug-likeness (QED) is 0.754. The van der Waals surface area contributed by atoms with Crippen molar-refractivity contribution in [2.45, 2.75) is 12.5 Å². The molecule has 12 heavy (non-hydrogen) atoms. The summed E-state index contributed by atoms with van der Waals surface area (Å²) in [6.45, 7) is 0. The maximum atomic E-state index is 10.2. The van der Waals surface area contributed by atoms with Gasteiger partial charge in [-0.1, -0.05) is 11.6 Å². The summed E-state index contributed by atoms with van der Waals surface area (Å²) in [5, 5.41) is 8.82. The van der Waals surface area contributed by atoms with Crippen LogP contribution in [0.4, 0.5) is 0 Å². The van der Waals surface area contributed by atoms with Crippen LogP contribution in [-0.4, -0.2) is 11.1 Å². The van der Waals surface area contributed by atoms with Gasteiger partial charge in [-0.2, -0.15) is 0 Å². The lowest BCUT2D eigenvalue weighted by Crippen LogP contribution is -2.14. The summed E-state index contributed by atoms with van der Waals surface area (Å²) < 4.78 is 4.91. The van der Waals surface area contributed by atoms with Gasteiger partial charge < -0.3 is 15.3 Å². The predicted octanol–water partition coefficient (Wildman–Crippen LogP) is 1.41. The molecule has 1 aromatic heterocycles. The Morgan fingerprint density at radius 3 is 2.92 bits per heavy atom. The molecule has 0 bridgehead atoms. The van der Waals surface area contributed by atoms with Crippen molar-refractivity contribution in [3.63, 3.8) is 0 Å². The van der Waals surface area contributed by atoms with E-state index in [0.717, 1.165) is 0 Å². The number of nitrogens with two attached hydrogens (primary N) is 1. The number of hydrogen-bond donors (Lipinski definition) is 2. The minimum absolute atomic E-state index is 0.163. The standard InChI is InChI=1S/C7H8ClNO3/c8-4-1-6(12-3-4)5(9)2-7(10)11/h1,3,5H,2,9H2,(H,10,11)/t5-/m1/s1. The summed E-state index contributed by atoms with van der Waals surface area (Å²) in [6, 6.07) is 0.879. The van der Waals surface area contributed by atoms with E-state index in [4.69, 9.17) is 26.9 Å². The normalized spacial score (nSPS) is 12.8. The maximum Gasteiger partial charge on any atom is 0.305 e. The van der Waals surface area contributed by atoms with Crippen LogP contribution in [-0.2, 0) is 4.79 Å². The van der Waals surface area contributed by atoms with Crippen LogP contribution in [0.15, 0.2) is 16.7 Å². The molecule has 66 valence electrons. The van der Waals surface area contributed by atoms with Crippen molar-refractivity contribution in [2.75, 3.05) is 0 Å². The summed E-state index contributed by atoms with van der Waals surface area (Å²) >= 11 is 5.54. The molecule has 0 fully saturated rings. The summed E-state index contributed by atoms with van der Waals surface area (Å²) in [4.78, 5) is 10.2. The van der Waals surface area contributed by atoms with E-state index in [1.165, 1.54) is 12.3 Å². The minimum atomic E-state index is -0.963. The molecule has 1 aromatic rings. The number of furan rings is 1. The smallest absolute Gasteiger partial charge is 0.305 e. The molecule has 3 N–H and O–H groups in total. The number of carboxylic acids is 1. The fourth-order valence-corrected chi connectivity index (χ4v) is 0.964. The van der Waals surface area contributed by atoms with E-state index in [-0.39, 0.29) is 6.42 Å². The number of carboxylic acid groups (broad SMARTS) is 1. The average Bonchev–Trinajstić information content (AvgIpc) is 2.34. The highest BCUT2D eigenvalue weighted by Crippen LogP contribution is 2.20. The van der Waals surface area contributed by atoms with Gasteiger partial charge in [-0.25, -0.2) is 0 Å². The van der Waals surface area contributed by atoms with Crippen LogP contribution in [0.5, 0.6) is 0 Å². The molecule has 0 aliphatic heterocycles. The Labute approximate surface area is 73.9 Å². The Bertz CT molecular complexity index is 284. The molecule has 1 heterocycles. The molecule has 1 rings (SSSR count). The van der Waals surface area contributed by atoms with Gasteiger partial charge in [0.15, 0.2) is 0 Å². The van der Waals surface area contributed by atoms with Crippen LogP contribution in [0.25, 0.3) is 0 Å². The summed E-state index contributed by atoms with van der Waals surface area (Å²) in [7, 11) is 0. The third kappa shape index (κ3) is 2.25. The molecule has 4 nitrogen and oxygen atoms in total. The highest BCUT2D eigenvalue weighted by atomic mass is 35.5. The Balaban J connectivity index is 2.64. The van der Waals surface area contributed by atoms with E-state index in [1.807, 2.05) is 0 Å². The van der Waals surface area contributed by atoms with E-state index in [9.17, 15) is 4.79 Å². The van der Waals surface area contributed by atoms with Gasteiger partial charge in [-0.15, -0.1) is 0 Å². The van der Waals surface area contributed by atoms with Gasteiger partial charge in [0, 0.05) is 0 Å². The van der Waals surface area contributed by atoms with E-state index < -0.39 is 12.0 Å². The molecule has 0 aliphatic rings. The fourth-order valence-electron chi connectivity index (χ4n) is 0.811. The third-order valence-electron chi connectivity index (χ3n) is 1.35. The van der Waals surface area contributed by atoms with Gasteiger partial charge in [-0.3, -0.25) is 4.79 Å². The lowest BCUT2D eigenvalue weighted by atomic mass is 10.2. The van der Waals surface area contributed by atoms with Crippen LogP contribution in [0, 0.1) is 0 Å². The zero-order chi connectivity index (χ0) is 9.14. The predicted molar refractivity (Wildman–Crippen MR) is 42.9 cm³/mol. The number of halogens is 1. The van der Waals surface area contributed by atoms with Crippen molar-refractivity contribution >= 4 is 17.6 Å². The molecular formula is C7H8ClNO3. The van der Waals surface area contributed by atoms with Crippen molar-refractivity contribution in [1.29, 1.82) is 0 Å². The SMILES string of the molecule is N[C@H](CC(=O)O)c1cc(Cl)co1. The van der Waals surface area contributed by atoms with E-state index >= 15 is 0 Å². The number of hydrogen-bond acceptors (Lipinski definition) is 3. The molecule has 0 unspecified atom stereocenters. The van der Waals surface area contributed by atoms with Crippen molar-refractivity contribution in [2.24, 2.45) is 5.73 Å². The minimum Gasteiger partial charge on any atom is -0.481 e. The number of carbonyl (C=O) groups is 1. The van der Waals surface area contributed by atoms with Crippen LogP contribution >= 0.6 is 11.6 Å². The number of aliphatic carboxylic acids is 1. The molecular weight excluding hydrogens is 182 g/mol. The largest absolute Gasteiger partial charge is 0.481 e. The van der Waals surface area contributed by atoms with Gasteiger partial charge in [-0.05, 0) is 6.07 Å². The summed E-state index contributed by atoms with van der Waals surface area (Å²) in [5.74, 6) is -0.572. The number of rotatable bonds is 3. The summed E-state index contributed by atoms with van der Waals surface area (Å²) in [6.07, 6.45) is 1.16. The van der Waals surface area contributed by atoms with Crippen LogP contribution in [0.1, 0.15) is 18.2 Å². The van der Waals surface area contributed by atoms with Gasteiger partial charge >= 0.3 is 5.97 Å². The second-order valence-electron chi connectivity index (χ2n) is 2.37. The highest BCUT2D eigenvalue weighted by Gasteiger charge is 2.13. The first-order chi connectivity index (χ1) is 5.59. The Hall–Kier alpha value is -1.00. The zero-order valence-corrected chi connectivity index (χ0v) is 6.91. The monoisotopic (exact) mass is 189 g/mol. The maximum absolute atomic E-state index is 10.2. The first kappa shape index (κ1) is 9.09. The average molecular weight is 190 g/mol. The molecule has 1 atom stereocenters. The van der Waals surface area contributed by atoms with E-state index in [2.05, 4.69) is 0 Å². The molecule has 5 heteroatoms. The van der Waals surface area contributed by atoms with Crippen LogP contribution in [0.3, 0.4) is 0 Å². The second-order valence-corrected chi connectivity index (χ2v) is 2.81. The Morgan fingerprint density at radius 2 is 2.50 bits per heavy atom. The summed E-state index contributed by atoms with van der Waals surface area (Å²) in [5.41, 5.74) is 5.48. The van der Waals surface area contributed by atoms with Gasteiger partial charge in [0.1, 0.15) is 12.0 Å². The zero-order valence-electron chi connectivity index (χ0n) is 6.16. The van der Waals surface area contributed by atoms with Crippen molar-refractivity contribution in [3.05, 3.63) is 23.1 Å². The molecule has 0 amide bonds. The van der Waals surface area contributed by atoms with Crippen molar-refractivity contribution in [1.82, 2.24) is 0 Å².